The van der Waals surface area contributed by atoms with Crippen molar-refractivity contribution < 1.29 is 4.79 Å². The van der Waals surface area contributed by atoms with E-state index in [1.165, 1.54) is 5.56 Å². The van der Waals surface area contributed by atoms with Gasteiger partial charge < -0.3 is 10.6 Å². The minimum Gasteiger partial charge on any atom is -0.369 e. The van der Waals surface area contributed by atoms with Crippen molar-refractivity contribution in [2.75, 3.05) is 18.0 Å². The third-order valence-corrected chi connectivity index (χ3v) is 4.35. The lowest BCUT2D eigenvalue weighted by molar-refractivity contribution is -0.122. The van der Waals surface area contributed by atoms with Crippen molar-refractivity contribution in [1.29, 1.82) is 5.26 Å². The van der Waals surface area contributed by atoms with Crippen molar-refractivity contribution in [3.63, 3.8) is 0 Å². The van der Waals surface area contributed by atoms with E-state index in [4.69, 9.17) is 10.7 Å². The topological polar surface area (TPSA) is 83.0 Å². The van der Waals surface area contributed by atoms with E-state index >= 15 is 0 Å². The van der Waals surface area contributed by atoms with E-state index in [-0.39, 0.29) is 11.8 Å². The Bertz CT molecular complexity index is 582. The third kappa shape index (κ3) is 2.22. The van der Waals surface area contributed by atoms with Crippen molar-refractivity contribution in [3.05, 3.63) is 22.9 Å². The Morgan fingerprint density at radius 1 is 1.40 bits per heavy atom. The Hall–Kier alpha value is -2.09. The molecule has 0 saturated carbocycles. The quantitative estimate of drug-likeness (QED) is 0.873. The van der Waals surface area contributed by atoms with Gasteiger partial charge in [0.1, 0.15) is 11.9 Å². The number of carbonyl (C=O) groups excluding carboxylic acids is 1. The molecular formula is C15H18N4O. The summed E-state index contributed by atoms with van der Waals surface area (Å²) < 4.78 is 0. The SMILES string of the molecule is N#Cc1cc2c(nc1N1CCC(C(N)=O)CC1)CCC2. The van der Waals surface area contributed by atoms with Gasteiger partial charge in [0.05, 0.1) is 5.56 Å². The molecule has 5 heteroatoms. The van der Waals surface area contributed by atoms with Crippen LogP contribution in [0.3, 0.4) is 0 Å². The molecule has 5 nitrogen and oxygen atoms in total. The van der Waals surface area contributed by atoms with E-state index in [0.29, 0.717) is 5.56 Å². The number of hydrogen-bond acceptors (Lipinski definition) is 4. The van der Waals surface area contributed by atoms with Gasteiger partial charge in [0.15, 0.2) is 0 Å². The van der Waals surface area contributed by atoms with Gasteiger partial charge in [-0.1, -0.05) is 0 Å². The van der Waals surface area contributed by atoms with Crippen LogP contribution in [0.15, 0.2) is 6.07 Å². The average molecular weight is 270 g/mol. The molecule has 2 aliphatic rings. The van der Waals surface area contributed by atoms with Crippen LogP contribution in [0.1, 0.15) is 36.1 Å². The maximum Gasteiger partial charge on any atom is 0.220 e. The highest BCUT2D eigenvalue weighted by Crippen LogP contribution is 2.29. The van der Waals surface area contributed by atoms with Crippen LogP contribution in [0.25, 0.3) is 0 Å². The van der Waals surface area contributed by atoms with E-state index < -0.39 is 0 Å². The molecule has 3 rings (SSSR count). The van der Waals surface area contributed by atoms with Crippen LogP contribution in [0.5, 0.6) is 0 Å². The number of rotatable bonds is 2. The molecule has 0 aromatic carbocycles. The van der Waals surface area contributed by atoms with Gasteiger partial charge in [-0.3, -0.25) is 4.79 Å². The molecule has 0 unspecified atom stereocenters. The lowest BCUT2D eigenvalue weighted by atomic mass is 9.96. The highest BCUT2D eigenvalue weighted by atomic mass is 16.1. The molecule has 0 spiro atoms. The maximum atomic E-state index is 11.2. The number of nitrogens with two attached hydrogens (primary N) is 1. The summed E-state index contributed by atoms with van der Waals surface area (Å²) in [6.07, 6.45) is 4.66. The normalized spacial score (nSPS) is 18.6. The minimum atomic E-state index is -0.216. The molecule has 20 heavy (non-hydrogen) atoms. The van der Waals surface area contributed by atoms with Gasteiger partial charge in [-0.15, -0.1) is 0 Å². The Kier molecular flexibility index (Phi) is 3.31. The van der Waals surface area contributed by atoms with E-state index in [1.54, 1.807) is 0 Å². The molecule has 1 aliphatic heterocycles. The molecule has 1 saturated heterocycles. The Balaban J connectivity index is 1.84. The lowest BCUT2D eigenvalue weighted by Crippen LogP contribution is -2.39. The van der Waals surface area contributed by atoms with Gasteiger partial charge in [-0.2, -0.15) is 5.26 Å². The van der Waals surface area contributed by atoms with Crippen LogP contribution < -0.4 is 10.6 Å². The molecule has 104 valence electrons. The summed E-state index contributed by atoms with van der Waals surface area (Å²) in [5.41, 5.74) is 8.37. The first kappa shape index (κ1) is 12.9. The van der Waals surface area contributed by atoms with E-state index in [0.717, 1.165) is 56.7 Å². The predicted octanol–water partition coefficient (Wildman–Crippen LogP) is 1.14. The standard InChI is InChI=1S/C15H18N4O/c16-9-12-8-11-2-1-3-13(11)18-15(12)19-6-4-10(5-7-19)14(17)20/h8,10H,1-7H2,(H2,17,20). The molecule has 0 atom stereocenters. The summed E-state index contributed by atoms with van der Waals surface area (Å²) in [6.45, 7) is 1.49. The van der Waals surface area contributed by atoms with Crippen LogP contribution >= 0.6 is 0 Å². The molecule has 1 aromatic rings. The molecule has 1 fully saturated rings. The third-order valence-electron chi connectivity index (χ3n) is 4.35. The average Bonchev–Trinajstić information content (AvgIpc) is 2.93. The van der Waals surface area contributed by atoms with Gasteiger partial charge in [-0.05, 0) is 43.7 Å². The van der Waals surface area contributed by atoms with E-state index in [2.05, 4.69) is 11.0 Å². The number of aryl methyl sites for hydroxylation is 2. The molecular weight excluding hydrogens is 252 g/mol. The minimum absolute atomic E-state index is 0.0359. The smallest absolute Gasteiger partial charge is 0.220 e. The van der Waals surface area contributed by atoms with Crippen LogP contribution in [0, 0.1) is 17.2 Å². The van der Waals surface area contributed by atoms with E-state index in [9.17, 15) is 10.1 Å². The molecule has 2 N–H and O–H groups in total. The summed E-state index contributed by atoms with van der Waals surface area (Å²) in [5.74, 6) is 0.536. The fraction of sp³-hybridized carbons (Fsp3) is 0.533. The van der Waals surface area contributed by atoms with Gasteiger partial charge in [-0.25, -0.2) is 4.98 Å². The molecule has 1 aromatic heterocycles. The number of nitrogens with zero attached hydrogens (tertiary/aromatic N) is 3. The Morgan fingerprint density at radius 3 is 2.80 bits per heavy atom. The molecule has 0 radical (unpaired) electrons. The van der Waals surface area contributed by atoms with E-state index in [1.807, 2.05) is 6.07 Å². The fourth-order valence-corrected chi connectivity index (χ4v) is 3.16. The number of nitriles is 1. The summed E-state index contributed by atoms with van der Waals surface area (Å²) in [4.78, 5) is 18.0. The van der Waals surface area contributed by atoms with Crippen molar-refractivity contribution in [2.45, 2.75) is 32.1 Å². The summed E-state index contributed by atoms with van der Waals surface area (Å²) in [6, 6.07) is 4.25. The number of hydrogen-bond donors (Lipinski definition) is 1. The zero-order valence-electron chi connectivity index (χ0n) is 11.4. The molecule has 2 heterocycles. The monoisotopic (exact) mass is 270 g/mol. The lowest BCUT2D eigenvalue weighted by Gasteiger charge is -2.32. The van der Waals surface area contributed by atoms with Crippen molar-refractivity contribution in [2.24, 2.45) is 11.7 Å². The summed E-state index contributed by atoms with van der Waals surface area (Å²) in [5, 5.41) is 9.33. The number of fused-ring (bicyclic) bond motifs is 1. The number of carbonyl (C=O) groups is 1. The molecule has 0 bridgehead atoms. The van der Waals surface area contributed by atoms with Crippen LogP contribution in [0.2, 0.25) is 0 Å². The second kappa shape index (κ2) is 5.12. The highest BCUT2D eigenvalue weighted by Gasteiger charge is 2.26. The number of anilines is 1. The maximum absolute atomic E-state index is 11.2. The molecule has 1 aliphatic carbocycles. The number of piperidine rings is 1. The first-order valence-electron chi connectivity index (χ1n) is 7.16. The number of primary amides is 1. The summed E-state index contributed by atoms with van der Waals surface area (Å²) >= 11 is 0. The number of aromatic nitrogens is 1. The van der Waals surface area contributed by atoms with Gasteiger partial charge in [0.2, 0.25) is 5.91 Å². The Morgan fingerprint density at radius 2 is 2.15 bits per heavy atom. The van der Waals surface area contributed by atoms with Gasteiger partial charge in [0.25, 0.3) is 0 Å². The number of pyridine rings is 1. The largest absolute Gasteiger partial charge is 0.369 e. The summed E-state index contributed by atoms with van der Waals surface area (Å²) in [7, 11) is 0. The first-order chi connectivity index (χ1) is 9.69. The van der Waals surface area contributed by atoms with Gasteiger partial charge in [0, 0.05) is 24.7 Å². The van der Waals surface area contributed by atoms with Crippen molar-refractivity contribution in [3.8, 4) is 6.07 Å². The van der Waals surface area contributed by atoms with Crippen LogP contribution in [0.4, 0.5) is 5.82 Å². The second-order valence-electron chi connectivity index (χ2n) is 5.59. The fourth-order valence-electron chi connectivity index (χ4n) is 3.16. The van der Waals surface area contributed by atoms with Crippen LogP contribution in [-0.4, -0.2) is 24.0 Å². The van der Waals surface area contributed by atoms with Crippen molar-refractivity contribution >= 4 is 11.7 Å². The zero-order valence-corrected chi connectivity index (χ0v) is 11.4. The second-order valence-corrected chi connectivity index (χ2v) is 5.59. The first-order valence-corrected chi connectivity index (χ1v) is 7.16. The Labute approximate surface area is 118 Å². The predicted molar refractivity (Wildman–Crippen MR) is 75.1 cm³/mol. The number of amides is 1. The zero-order chi connectivity index (χ0) is 14.1. The van der Waals surface area contributed by atoms with Crippen LogP contribution in [-0.2, 0) is 17.6 Å². The molecule has 1 amide bonds. The highest BCUT2D eigenvalue weighted by molar-refractivity contribution is 5.77. The van der Waals surface area contributed by atoms with Gasteiger partial charge >= 0.3 is 0 Å². The van der Waals surface area contributed by atoms with Crippen molar-refractivity contribution in [1.82, 2.24) is 4.98 Å².